The summed E-state index contributed by atoms with van der Waals surface area (Å²) in [7, 11) is 3.91. The van der Waals surface area contributed by atoms with Crippen molar-refractivity contribution in [3.05, 3.63) is 0 Å². The van der Waals surface area contributed by atoms with Gasteiger partial charge in [-0.15, -0.1) is 0 Å². The van der Waals surface area contributed by atoms with Crippen LogP contribution in [-0.2, 0) is 4.74 Å². The summed E-state index contributed by atoms with van der Waals surface area (Å²) in [5, 5.41) is 3.39. The van der Waals surface area contributed by atoms with Gasteiger partial charge in [-0.1, -0.05) is 19.3 Å². The highest BCUT2D eigenvalue weighted by Crippen LogP contribution is 2.41. The largest absolute Gasteiger partial charge is 0.379 e. The number of rotatable bonds is 6. The Morgan fingerprint density at radius 2 is 1.81 bits per heavy atom. The Labute approximate surface area is 101 Å². The van der Waals surface area contributed by atoms with Crippen molar-refractivity contribution in [2.75, 3.05) is 20.7 Å². The van der Waals surface area contributed by atoms with Gasteiger partial charge in [-0.3, -0.25) is 0 Å². The van der Waals surface area contributed by atoms with E-state index >= 15 is 0 Å². The van der Waals surface area contributed by atoms with Crippen LogP contribution in [0.15, 0.2) is 0 Å². The molecule has 1 saturated carbocycles. The zero-order valence-electron chi connectivity index (χ0n) is 11.6. The lowest BCUT2D eigenvalue weighted by Crippen LogP contribution is -2.37. The van der Waals surface area contributed by atoms with Gasteiger partial charge in [0.1, 0.15) is 0 Å². The molecular weight excluding hydrogens is 198 g/mol. The van der Waals surface area contributed by atoms with E-state index in [1.165, 1.54) is 51.5 Å². The van der Waals surface area contributed by atoms with E-state index in [0.29, 0.717) is 5.41 Å². The van der Waals surface area contributed by atoms with Crippen LogP contribution in [0, 0.1) is 5.41 Å². The fraction of sp³-hybridized carbons (Fsp3) is 1.00. The smallest absolute Gasteiger partial charge is 0.0623 e. The molecule has 2 heteroatoms. The lowest BCUT2D eigenvalue weighted by molar-refractivity contribution is -0.000632. The Hall–Kier alpha value is -0.0800. The van der Waals surface area contributed by atoms with E-state index in [-0.39, 0.29) is 5.60 Å². The van der Waals surface area contributed by atoms with Gasteiger partial charge in [0.15, 0.2) is 0 Å². The SMILES string of the molecule is CNCC1(CCC(C)(C)OC)CCCCC1. The van der Waals surface area contributed by atoms with Crippen LogP contribution in [0.5, 0.6) is 0 Å². The first-order chi connectivity index (χ1) is 7.54. The highest BCUT2D eigenvalue weighted by molar-refractivity contribution is 4.86. The molecule has 1 aliphatic rings. The molecule has 0 bridgehead atoms. The van der Waals surface area contributed by atoms with Gasteiger partial charge in [0.05, 0.1) is 5.60 Å². The van der Waals surface area contributed by atoms with Gasteiger partial charge >= 0.3 is 0 Å². The van der Waals surface area contributed by atoms with Crippen LogP contribution in [-0.4, -0.2) is 26.3 Å². The second kappa shape index (κ2) is 6.02. The summed E-state index contributed by atoms with van der Waals surface area (Å²) in [5.41, 5.74) is 0.584. The van der Waals surface area contributed by atoms with Gasteiger partial charge in [0.2, 0.25) is 0 Å². The van der Waals surface area contributed by atoms with Crippen molar-refractivity contribution in [2.45, 2.75) is 64.4 Å². The summed E-state index contributed by atoms with van der Waals surface area (Å²) in [4.78, 5) is 0. The average Bonchev–Trinajstić information content (AvgIpc) is 2.29. The van der Waals surface area contributed by atoms with Crippen molar-refractivity contribution in [2.24, 2.45) is 5.41 Å². The first-order valence-corrected chi connectivity index (χ1v) is 6.73. The molecule has 2 nitrogen and oxygen atoms in total. The van der Waals surface area contributed by atoms with E-state index in [4.69, 9.17) is 4.74 Å². The number of ether oxygens (including phenoxy) is 1. The molecule has 0 aromatic carbocycles. The van der Waals surface area contributed by atoms with Crippen molar-refractivity contribution >= 4 is 0 Å². The fourth-order valence-electron chi connectivity index (χ4n) is 2.86. The van der Waals surface area contributed by atoms with Crippen molar-refractivity contribution in [1.29, 1.82) is 0 Å². The van der Waals surface area contributed by atoms with Crippen LogP contribution in [0.2, 0.25) is 0 Å². The Balaban J connectivity index is 2.50. The Morgan fingerprint density at radius 1 is 1.19 bits per heavy atom. The number of hydrogen-bond acceptors (Lipinski definition) is 2. The zero-order chi connectivity index (χ0) is 12.1. The highest BCUT2D eigenvalue weighted by Gasteiger charge is 2.33. The lowest BCUT2D eigenvalue weighted by Gasteiger charge is -2.39. The topological polar surface area (TPSA) is 21.3 Å². The molecule has 1 aliphatic carbocycles. The molecule has 0 unspecified atom stereocenters. The maximum absolute atomic E-state index is 5.53. The predicted molar refractivity (Wildman–Crippen MR) is 69.8 cm³/mol. The molecule has 0 aliphatic heterocycles. The molecule has 1 N–H and O–H groups in total. The summed E-state index contributed by atoms with van der Waals surface area (Å²) in [6, 6.07) is 0. The van der Waals surface area contributed by atoms with Crippen LogP contribution >= 0.6 is 0 Å². The minimum absolute atomic E-state index is 0.0399. The third-order valence-corrected chi connectivity index (χ3v) is 4.28. The molecule has 0 radical (unpaired) electrons. The van der Waals surface area contributed by atoms with Crippen LogP contribution in [0.1, 0.15) is 58.8 Å². The molecule has 0 heterocycles. The molecule has 0 saturated heterocycles. The molecular formula is C14H29NO. The number of hydrogen-bond donors (Lipinski definition) is 1. The minimum Gasteiger partial charge on any atom is -0.379 e. The summed E-state index contributed by atoms with van der Waals surface area (Å²) in [6.45, 7) is 5.57. The second-order valence-electron chi connectivity index (χ2n) is 6.05. The van der Waals surface area contributed by atoms with Gasteiger partial charge in [-0.25, -0.2) is 0 Å². The van der Waals surface area contributed by atoms with E-state index < -0.39 is 0 Å². The molecule has 0 atom stereocenters. The molecule has 1 rings (SSSR count). The number of nitrogens with one attached hydrogen (secondary N) is 1. The van der Waals surface area contributed by atoms with Gasteiger partial charge in [0, 0.05) is 13.7 Å². The van der Waals surface area contributed by atoms with Crippen LogP contribution < -0.4 is 5.32 Å². The summed E-state index contributed by atoms with van der Waals surface area (Å²) >= 11 is 0. The van der Waals surface area contributed by atoms with E-state index in [1.807, 2.05) is 7.11 Å². The van der Waals surface area contributed by atoms with Crippen molar-refractivity contribution < 1.29 is 4.74 Å². The Bertz CT molecular complexity index is 189. The lowest BCUT2D eigenvalue weighted by atomic mass is 9.70. The first-order valence-electron chi connectivity index (χ1n) is 6.73. The molecule has 0 spiro atoms. The van der Waals surface area contributed by atoms with E-state index in [9.17, 15) is 0 Å². The fourth-order valence-corrected chi connectivity index (χ4v) is 2.86. The number of methoxy groups -OCH3 is 1. The zero-order valence-corrected chi connectivity index (χ0v) is 11.6. The molecule has 0 aromatic heterocycles. The third-order valence-electron chi connectivity index (χ3n) is 4.28. The van der Waals surface area contributed by atoms with Crippen molar-refractivity contribution in [3.63, 3.8) is 0 Å². The van der Waals surface area contributed by atoms with Crippen LogP contribution in [0.4, 0.5) is 0 Å². The standard InChI is InChI=1S/C14H29NO/c1-13(2,16-4)10-11-14(12-15-3)8-6-5-7-9-14/h15H,5-12H2,1-4H3. The van der Waals surface area contributed by atoms with Gasteiger partial charge in [-0.2, -0.15) is 0 Å². The first kappa shape index (κ1) is 14.0. The molecule has 1 fully saturated rings. The highest BCUT2D eigenvalue weighted by atomic mass is 16.5. The van der Waals surface area contributed by atoms with Gasteiger partial charge in [-0.05, 0) is 52.0 Å². The summed E-state index contributed by atoms with van der Waals surface area (Å²) in [6.07, 6.45) is 9.52. The maximum atomic E-state index is 5.53. The quantitative estimate of drug-likeness (QED) is 0.751. The van der Waals surface area contributed by atoms with Gasteiger partial charge in [0.25, 0.3) is 0 Å². The second-order valence-corrected chi connectivity index (χ2v) is 6.05. The molecule has 16 heavy (non-hydrogen) atoms. The Kier molecular flexibility index (Phi) is 5.26. The normalized spacial score (nSPS) is 21.0. The van der Waals surface area contributed by atoms with E-state index in [1.54, 1.807) is 0 Å². The van der Waals surface area contributed by atoms with Crippen LogP contribution in [0.25, 0.3) is 0 Å². The predicted octanol–water partition coefficient (Wildman–Crippen LogP) is 3.36. The molecule has 96 valence electrons. The minimum atomic E-state index is 0.0399. The summed E-state index contributed by atoms with van der Waals surface area (Å²) < 4.78 is 5.53. The molecule has 0 amide bonds. The van der Waals surface area contributed by atoms with Crippen LogP contribution in [0.3, 0.4) is 0 Å². The Morgan fingerprint density at radius 3 is 2.31 bits per heavy atom. The summed E-state index contributed by atoms with van der Waals surface area (Å²) in [5.74, 6) is 0. The third kappa shape index (κ3) is 4.06. The van der Waals surface area contributed by atoms with Crippen molar-refractivity contribution in [3.8, 4) is 0 Å². The maximum Gasteiger partial charge on any atom is 0.0623 e. The average molecular weight is 227 g/mol. The van der Waals surface area contributed by atoms with E-state index in [2.05, 4.69) is 26.2 Å². The van der Waals surface area contributed by atoms with E-state index in [0.717, 1.165) is 0 Å². The monoisotopic (exact) mass is 227 g/mol. The van der Waals surface area contributed by atoms with Crippen molar-refractivity contribution in [1.82, 2.24) is 5.32 Å². The molecule has 0 aromatic rings. The van der Waals surface area contributed by atoms with Gasteiger partial charge < -0.3 is 10.1 Å².